The summed E-state index contributed by atoms with van der Waals surface area (Å²) in [5, 5.41) is 0.523. The normalized spacial score (nSPS) is 10.4. The van der Waals surface area contributed by atoms with Crippen LogP contribution in [0.2, 0.25) is 0 Å². The van der Waals surface area contributed by atoms with Crippen LogP contribution >= 0.6 is 15.9 Å². The number of carbonyl (C=O) groups is 1. The number of halogens is 2. The maximum atomic E-state index is 13.4. The fraction of sp³-hybridized carbons (Fsp3) is 0. The second-order valence-corrected chi connectivity index (χ2v) is 3.72. The topological polar surface area (TPSA) is 30.0 Å². The minimum Gasteiger partial charge on any atom is -0.298 e. The summed E-state index contributed by atoms with van der Waals surface area (Å²) in [5.74, 6) is -0.432. The second-order valence-electron chi connectivity index (χ2n) is 2.80. The van der Waals surface area contributed by atoms with Crippen molar-refractivity contribution >= 4 is 33.1 Å². The molecular formula is C10H5BrFNO. The van der Waals surface area contributed by atoms with Crippen molar-refractivity contribution in [2.24, 2.45) is 0 Å². The third kappa shape index (κ3) is 1.42. The largest absolute Gasteiger partial charge is 0.298 e. The van der Waals surface area contributed by atoms with Gasteiger partial charge in [0.2, 0.25) is 0 Å². The monoisotopic (exact) mass is 253 g/mol. The van der Waals surface area contributed by atoms with Gasteiger partial charge >= 0.3 is 0 Å². The van der Waals surface area contributed by atoms with Gasteiger partial charge in [0.1, 0.15) is 5.52 Å². The van der Waals surface area contributed by atoms with Crippen molar-refractivity contribution in [1.82, 2.24) is 4.98 Å². The maximum absolute atomic E-state index is 13.4. The number of aromatic nitrogens is 1. The minimum atomic E-state index is -0.432. The van der Waals surface area contributed by atoms with Crippen LogP contribution in [0.15, 0.2) is 28.9 Å². The zero-order valence-electron chi connectivity index (χ0n) is 7.00. The molecule has 2 rings (SSSR count). The number of benzene rings is 1. The molecule has 1 aromatic heterocycles. The lowest BCUT2D eigenvalue weighted by atomic mass is 10.1. The van der Waals surface area contributed by atoms with Crippen LogP contribution in [0.4, 0.5) is 4.39 Å². The first-order chi connectivity index (χ1) is 6.72. The number of hydrogen-bond acceptors (Lipinski definition) is 2. The molecule has 0 N–H and O–H groups in total. The van der Waals surface area contributed by atoms with E-state index in [9.17, 15) is 9.18 Å². The summed E-state index contributed by atoms with van der Waals surface area (Å²) >= 11 is 3.16. The van der Waals surface area contributed by atoms with E-state index in [0.29, 0.717) is 21.7 Å². The van der Waals surface area contributed by atoms with Crippen LogP contribution in [0, 0.1) is 5.82 Å². The molecule has 0 saturated carbocycles. The van der Waals surface area contributed by atoms with E-state index in [1.54, 1.807) is 12.1 Å². The smallest absolute Gasteiger partial charge is 0.150 e. The van der Waals surface area contributed by atoms with Crippen LogP contribution in [0.5, 0.6) is 0 Å². The second kappa shape index (κ2) is 3.46. The van der Waals surface area contributed by atoms with E-state index < -0.39 is 5.82 Å². The summed E-state index contributed by atoms with van der Waals surface area (Å²) in [5.41, 5.74) is 0.660. The molecule has 0 aliphatic carbocycles. The van der Waals surface area contributed by atoms with Gasteiger partial charge in [0, 0.05) is 21.6 Å². The third-order valence-electron chi connectivity index (χ3n) is 1.92. The van der Waals surface area contributed by atoms with Crippen LogP contribution in [-0.4, -0.2) is 11.3 Å². The molecule has 0 bridgehead atoms. The Hall–Kier alpha value is -1.29. The lowest BCUT2D eigenvalue weighted by molar-refractivity contribution is 0.112. The van der Waals surface area contributed by atoms with Crippen molar-refractivity contribution in [3.8, 4) is 0 Å². The van der Waals surface area contributed by atoms with Gasteiger partial charge in [-0.25, -0.2) is 4.39 Å². The average molecular weight is 254 g/mol. The fourth-order valence-corrected chi connectivity index (χ4v) is 1.73. The predicted molar refractivity (Wildman–Crippen MR) is 54.8 cm³/mol. The van der Waals surface area contributed by atoms with Crippen molar-refractivity contribution in [2.45, 2.75) is 0 Å². The van der Waals surface area contributed by atoms with E-state index in [-0.39, 0.29) is 5.52 Å². The standard InChI is InChI=1S/C10H5BrFNO/c11-7-3-8-6(5-14)1-2-13-10(8)9(12)4-7/h1-5H. The van der Waals surface area contributed by atoms with E-state index in [0.717, 1.165) is 0 Å². The Kier molecular flexibility index (Phi) is 2.29. The molecule has 2 aromatic rings. The van der Waals surface area contributed by atoms with Crippen molar-refractivity contribution in [3.63, 3.8) is 0 Å². The van der Waals surface area contributed by atoms with E-state index in [4.69, 9.17) is 0 Å². The molecule has 0 unspecified atom stereocenters. The summed E-state index contributed by atoms with van der Waals surface area (Å²) in [4.78, 5) is 14.6. The first-order valence-electron chi connectivity index (χ1n) is 3.91. The van der Waals surface area contributed by atoms with Crippen LogP contribution < -0.4 is 0 Å². The van der Waals surface area contributed by atoms with E-state index in [1.165, 1.54) is 12.3 Å². The van der Waals surface area contributed by atoms with Crippen LogP contribution in [0.25, 0.3) is 10.9 Å². The van der Waals surface area contributed by atoms with Gasteiger partial charge in [-0.3, -0.25) is 9.78 Å². The molecule has 0 radical (unpaired) electrons. The van der Waals surface area contributed by atoms with Crippen LogP contribution in [-0.2, 0) is 0 Å². The Morgan fingerprint density at radius 2 is 2.21 bits per heavy atom. The fourth-order valence-electron chi connectivity index (χ4n) is 1.30. The number of nitrogens with zero attached hydrogens (tertiary/aromatic N) is 1. The number of aldehydes is 1. The number of carbonyl (C=O) groups excluding carboxylic acids is 1. The first kappa shape index (κ1) is 9.27. The number of hydrogen-bond donors (Lipinski definition) is 0. The van der Waals surface area contributed by atoms with Crippen LogP contribution in [0.1, 0.15) is 10.4 Å². The molecule has 0 saturated heterocycles. The highest BCUT2D eigenvalue weighted by Gasteiger charge is 2.06. The maximum Gasteiger partial charge on any atom is 0.150 e. The molecule has 0 aliphatic heterocycles. The van der Waals surface area contributed by atoms with Gasteiger partial charge in [0.25, 0.3) is 0 Å². The van der Waals surface area contributed by atoms with Gasteiger partial charge in [-0.15, -0.1) is 0 Å². The summed E-state index contributed by atoms with van der Waals surface area (Å²) in [6, 6.07) is 4.56. The third-order valence-corrected chi connectivity index (χ3v) is 2.38. The summed E-state index contributed by atoms with van der Waals surface area (Å²) in [6.45, 7) is 0. The Balaban J connectivity index is 2.93. The van der Waals surface area contributed by atoms with E-state index >= 15 is 0 Å². The zero-order valence-corrected chi connectivity index (χ0v) is 8.58. The number of pyridine rings is 1. The number of fused-ring (bicyclic) bond motifs is 1. The Bertz CT molecular complexity index is 513. The highest BCUT2D eigenvalue weighted by atomic mass is 79.9. The van der Waals surface area contributed by atoms with Crippen molar-refractivity contribution < 1.29 is 9.18 Å². The van der Waals surface area contributed by atoms with Crippen LogP contribution in [0.3, 0.4) is 0 Å². The molecule has 2 nitrogen and oxygen atoms in total. The van der Waals surface area contributed by atoms with Gasteiger partial charge in [-0.2, -0.15) is 0 Å². The van der Waals surface area contributed by atoms with Gasteiger partial charge in [-0.1, -0.05) is 15.9 Å². The molecule has 1 heterocycles. The molecule has 70 valence electrons. The number of rotatable bonds is 1. The van der Waals surface area contributed by atoms with Crippen molar-refractivity contribution in [2.75, 3.05) is 0 Å². The van der Waals surface area contributed by atoms with Gasteiger partial charge in [0.05, 0.1) is 0 Å². The highest BCUT2D eigenvalue weighted by Crippen LogP contribution is 2.23. The summed E-state index contributed by atoms with van der Waals surface area (Å²) in [6.07, 6.45) is 2.11. The summed E-state index contributed by atoms with van der Waals surface area (Å²) < 4.78 is 14.0. The van der Waals surface area contributed by atoms with E-state index in [2.05, 4.69) is 20.9 Å². The van der Waals surface area contributed by atoms with E-state index in [1.807, 2.05) is 0 Å². The molecular weight excluding hydrogens is 249 g/mol. The van der Waals surface area contributed by atoms with Gasteiger partial charge in [-0.05, 0) is 18.2 Å². The van der Waals surface area contributed by atoms with Gasteiger partial charge in [0.15, 0.2) is 12.1 Å². The Labute approximate surface area is 87.9 Å². The first-order valence-corrected chi connectivity index (χ1v) is 4.70. The lowest BCUT2D eigenvalue weighted by Gasteiger charge is -2.01. The molecule has 14 heavy (non-hydrogen) atoms. The highest BCUT2D eigenvalue weighted by molar-refractivity contribution is 9.10. The summed E-state index contributed by atoms with van der Waals surface area (Å²) in [7, 11) is 0. The molecule has 1 aromatic carbocycles. The lowest BCUT2D eigenvalue weighted by Crippen LogP contribution is -1.89. The Morgan fingerprint density at radius 3 is 2.93 bits per heavy atom. The van der Waals surface area contributed by atoms with Gasteiger partial charge < -0.3 is 0 Å². The predicted octanol–water partition coefficient (Wildman–Crippen LogP) is 2.95. The molecule has 0 spiro atoms. The van der Waals surface area contributed by atoms with Crippen molar-refractivity contribution in [1.29, 1.82) is 0 Å². The Morgan fingerprint density at radius 1 is 1.43 bits per heavy atom. The quantitative estimate of drug-likeness (QED) is 0.732. The minimum absolute atomic E-state index is 0.220. The zero-order chi connectivity index (χ0) is 10.1. The average Bonchev–Trinajstić information content (AvgIpc) is 2.17. The molecule has 0 amide bonds. The molecule has 0 aliphatic rings. The molecule has 0 atom stereocenters. The van der Waals surface area contributed by atoms with Crippen molar-refractivity contribution in [3.05, 3.63) is 40.2 Å². The SMILES string of the molecule is O=Cc1ccnc2c(F)cc(Br)cc12. The molecule has 4 heteroatoms. The molecule has 0 fully saturated rings.